The van der Waals surface area contributed by atoms with Gasteiger partial charge in [0.1, 0.15) is 6.04 Å². The summed E-state index contributed by atoms with van der Waals surface area (Å²) in [5.41, 5.74) is 6.31. The van der Waals surface area contributed by atoms with Gasteiger partial charge in [-0.05, 0) is 38.5 Å². The number of nitrogens with two attached hydrogens (primary N) is 1. The molecular formula is C14H23N3O4. The summed E-state index contributed by atoms with van der Waals surface area (Å²) in [4.78, 5) is 33.2. The molecule has 0 saturated heterocycles. The van der Waals surface area contributed by atoms with Crippen molar-refractivity contribution in [3.63, 3.8) is 0 Å². The number of urea groups is 1. The quantitative estimate of drug-likeness (QED) is 0.497. The summed E-state index contributed by atoms with van der Waals surface area (Å²) in [6.07, 6.45) is 7.47. The number of aliphatic carboxylic acids is 1. The molecule has 1 rings (SSSR count). The van der Waals surface area contributed by atoms with Crippen molar-refractivity contribution < 1.29 is 19.5 Å². The Morgan fingerprint density at radius 2 is 2.10 bits per heavy atom. The molecule has 0 aromatic carbocycles. The number of nitrogens with one attached hydrogen (secondary N) is 2. The summed E-state index contributed by atoms with van der Waals surface area (Å²) in [7, 11) is 0. The molecule has 1 atom stereocenters. The molecule has 5 N–H and O–H groups in total. The number of hydrogen-bond donors (Lipinski definition) is 4. The summed E-state index contributed by atoms with van der Waals surface area (Å²) < 4.78 is 0. The zero-order valence-electron chi connectivity index (χ0n) is 12.1. The summed E-state index contributed by atoms with van der Waals surface area (Å²) >= 11 is 0. The minimum absolute atomic E-state index is 0.0107. The van der Waals surface area contributed by atoms with Gasteiger partial charge in [0.2, 0.25) is 5.91 Å². The molecule has 7 nitrogen and oxygen atoms in total. The molecule has 21 heavy (non-hydrogen) atoms. The van der Waals surface area contributed by atoms with E-state index < -0.39 is 23.9 Å². The standard InChI is InChI=1S/C14H23N3O4/c15-12(18)7-6-11(13(19)20)17-14(21)16-9-8-10-4-2-1-3-5-10/h4,11H,1-3,5-9H2,(H2,15,18)(H,19,20)(H2,16,17,21)/t11-/m1/s1. The number of rotatable bonds is 8. The maximum Gasteiger partial charge on any atom is 0.326 e. The second kappa shape index (κ2) is 8.99. The molecule has 1 aliphatic rings. The van der Waals surface area contributed by atoms with Crippen LogP contribution in [0.25, 0.3) is 0 Å². The van der Waals surface area contributed by atoms with Crippen molar-refractivity contribution in [1.82, 2.24) is 10.6 Å². The molecule has 0 aromatic rings. The van der Waals surface area contributed by atoms with Crippen molar-refractivity contribution in [1.29, 1.82) is 0 Å². The van der Waals surface area contributed by atoms with Crippen LogP contribution in [0.2, 0.25) is 0 Å². The van der Waals surface area contributed by atoms with Gasteiger partial charge < -0.3 is 21.5 Å². The van der Waals surface area contributed by atoms with E-state index in [1.54, 1.807) is 0 Å². The molecule has 0 spiro atoms. The highest BCUT2D eigenvalue weighted by Gasteiger charge is 2.20. The zero-order chi connectivity index (χ0) is 15.7. The van der Waals surface area contributed by atoms with Crippen molar-refractivity contribution in [2.75, 3.05) is 6.54 Å². The summed E-state index contributed by atoms with van der Waals surface area (Å²) in [6, 6.07) is -1.64. The van der Waals surface area contributed by atoms with Gasteiger partial charge in [-0.1, -0.05) is 11.6 Å². The zero-order valence-corrected chi connectivity index (χ0v) is 12.1. The van der Waals surface area contributed by atoms with Crippen molar-refractivity contribution in [2.45, 2.75) is 51.0 Å². The number of carboxylic acid groups (broad SMARTS) is 1. The number of hydrogen-bond acceptors (Lipinski definition) is 3. The average Bonchev–Trinajstić information content (AvgIpc) is 2.44. The molecule has 0 heterocycles. The van der Waals surface area contributed by atoms with Crippen molar-refractivity contribution >= 4 is 17.9 Å². The van der Waals surface area contributed by atoms with Crippen LogP contribution in [-0.2, 0) is 9.59 Å². The Morgan fingerprint density at radius 3 is 2.67 bits per heavy atom. The average molecular weight is 297 g/mol. The van der Waals surface area contributed by atoms with E-state index in [1.807, 2.05) is 0 Å². The van der Waals surface area contributed by atoms with Gasteiger partial charge in [-0.2, -0.15) is 0 Å². The van der Waals surface area contributed by atoms with Crippen LogP contribution in [0.4, 0.5) is 4.79 Å². The van der Waals surface area contributed by atoms with Gasteiger partial charge in [-0.25, -0.2) is 9.59 Å². The van der Waals surface area contributed by atoms with Gasteiger partial charge >= 0.3 is 12.0 Å². The van der Waals surface area contributed by atoms with Crippen LogP contribution in [-0.4, -0.2) is 35.6 Å². The van der Waals surface area contributed by atoms with E-state index in [4.69, 9.17) is 10.8 Å². The SMILES string of the molecule is NC(=O)CC[C@@H](NC(=O)NCCC1=CCCCC1)C(=O)O. The van der Waals surface area contributed by atoms with E-state index >= 15 is 0 Å². The topological polar surface area (TPSA) is 122 Å². The monoisotopic (exact) mass is 297 g/mol. The van der Waals surface area contributed by atoms with Crippen LogP contribution < -0.4 is 16.4 Å². The molecule has 0 fully saturated rings. The van der Waals surface area contributed by atoms with E-state index in [0.717, 1.165) is 19.3 Å². The van der Waals surface area contributed by atoms with Crippen molar-refractivity contribution in [3.05, 3.63) is 11.6 Å². The molecule has 118 valence electrons. The summed E-state index contributed by atoms with van der Waals surface area (Å²) in [6.45, 7) is 0.472. The smallest absolute Gasteiger partial charge is 0.326 e. The Kier molecular flexibility index (Phi) is 7.28. The van der Waals surface area contributed by atoms with Gasteiger partial charge in [0.15, 0.2) is 0 Å². The maximum atomic E-state index is 11.6. The minimum Gasteiger partial charge on any atom is -0.480 e. The van der Waals surface area contributed by atoms with Crippen molar-refractivity contribution in [2.24, 2.45) is 5.73 Å². The number of carboxylic acids is 1. The Labute approximate surface area is 124 Å². The Balaban J connectivity index is 2.27. The number of carbonyl (C=O) groups excluding carboxylic acids is 2. The fourth-order valence-electron chi connectivity index (χ4n) is 2.22. The third-order valence-corrected chi connectivity index (χ3v) is 3.40. The minimum atomic E-state index is -1.18. The van der Waals surface area contributed by atoms with E-state index in [1.165, 1.54) is 18.4 Å². The molecule has 0 aliphatic heterocycles. The van der Waals surface area contributed by atoms with E-state index in [-0.39, 0.29) is 12.8 Å². The Hall–Kier alpha value is -2.05. The van der Waals surface area contributed by atoms with Crippen LogP contribution in [0, 0.1) is 0 Å². The molecule has 7 heteroatoms. The number of carbonyl (C=O) groups is 3. The molecule has 0 unspecified atom stereocenters. The van der Waals surface area contributed by atoms with E-state index in [2.05, 4.69) is 16.7 Å². The van der Waals surface area contributed by atoms with Crippen LogP contribution in [0.5, 0.6) is 0 Å². The molecule has 1 aliphatic carbocycles. The van der Waals surface area contributed by atoms with Crippen molar-refractivity contribution in [3.8, 4) is 0 Å². The van der Waals surface area contributed by atoms with Gasteiger partial charge in [0.25, 0.3) is 0 Å². The normalized spacial score (nSPS) is 15.7. The van der Waals surface area contributed by atoms with Gasteiger partial charge in [-0.15, -0.1) is 0 Å². The second-order valence-electron chi connectivity index (χ2n) is 5.15. The fraction of sp³-hybridized carbons (Fsp3) is 0.643. The predicted molar refractivity (Wildman–Crippen MR) is 77.6 cm³/mol. The van der Waals surface area contributed by atoms with Crippen LogP contribution in [0.15, 0.2) is 11.6 Å². The highest BCUT2D eigenvalue weighted by atomic mass is 16.4. The van der Waals surface area contributed by atoms with Crippen LogP contribution >= 0.6 is 0 Å². The maximum absolute atomic E-state index is 11.6. The lowest BCUT2D eigenvalue weighted by atomic mass is 9.97. The summed E-state index contributed by atoms with van der Waals surface area (Å²) in [5, 5.41) is 13.9. The van der Waals surface area contributed by atoms with Gasteiger partial charge in [0, 0.05) is 13.0 Å². The number of allylic oxidation sites excluding steroid dienone is 1. The van der Waals surface area contributed by atoms with Crippen LogP contribution in [0.1, 0.15) is 44.9 Å². The first-order valence-corrected chi connectivity index (χ1v) is 7.22. The number of amides is 3. The Morgan fingerprint density at radius 1 is 1.33 bits per heavy atom. The third-order valence-electron chi connectivity index (χ3n) is 3.40. The lowest BCUT2D eigenvalue weighted by molar-refractivity contribution is -0.139. The largest absolute Gasteiger partial charge is 0.480 e. The highest BCUT2D eigenvalue weighted by Crippen LogP contribution is 2.19. The molecule has 0 radical (unpaired) electrons. The molecule has 0 bridgehead atoms. The lowest BCUT2D eigenvalue weighted by Gasteiger charge is -2.16. The first-order chi connectivity index (χ1) is 9.99. The number of primary amides is 1. The highest BCUT2D eigenvalue weighted by molar-refractivity contribution is 5.83. The molecule has 3 amide bonds. The first-order valence-electron chi connectivity index (χ1n) is 7.22. The lowest BCUT2D eigenvalue weighted by Crippen LogP contribution is -2.46. The van der Waals surface area contributed by atoms with E-state index in [9.17, 15) is 14.4 Å². The van der Waals surface area contributed by atoms with E-state index in [0.29, 0.717) is 6.54 Å². The predicted octanol–water partition coefficient (Wildman–Crippen LogP) is 0.895. The summed E-state index contributed by atoms with van der Waals surface area (Å²) in [5.74, 6) is -1.77. The van der Waals surface area contributed by atoms with Gasteiger partial charge in [-0.3, -0.25) is 4.79 Å². The first kappa shape index (κ1) is 17.0. The second-order valence-corrected chi connectivity index (χ2v) is 5.15. The molecule has 0 saturated carbocycles. The molecule has 0 aromatic heterocycles. The fourth-order valence-corrected chi connectivity index (χ4v) is 2.22. The molecular weight excluding hydrogens is 274 g/mol. The van der Waals surface area contributed by atoms with Gasteiger partial charge in [0.05, 0.1) is 0 Å². The third kappa shape index (κ3) is 7.34. The van der Waals surface area contributed by atoms with Crippen LogP contribution in [0.3, 0.4) is 0 Å². The Bertz CT molecular complexity index is 420.